The first-order valence-corrected chi connectivity index (χ1v) is 14.3. The topological polar surface area (TPSA) is 151 Å². The van der Waals surface area contributed by atoms with Crippen LogP contribution in [0.15, 0.2) is 73.1 Å². The summed E-state index contributed by atoms with van der Waals surface area (Å²) < 4.78 is 39.3. The summed E-state index contributed by atoms with van der Waals surface area (Å²) in [6.45, 7) is 2.77. The number of fused-ring (bicyclic) bond motifs is 2. The van der Waals surface area contributed by atoms with Crippen LogP contribution in [0.5, 0.6) is 0 Å². The van der Waals surface area contributed by atoms with Crippen LogP contribution in [0.25, 0.3) is 40.0 Å². The second-order valence-corrected chi connectivity index (χ2v) is 10.5. The molecule has 0 spiro atoms. The maximum Gasteiger partial charge on any atom is 0.490 e. The zero-order chi connectivity index (χ0) is 33.1. The number of imide groups is 1. The second kappa shape index (κ2) is 12.9. The van der Waals surface area contributed by atoms with Gasteiger partial charge in [0.05, 0.1) is 42.0 Å². The number of rotatable bonds is 5. The molecule has 240 valence electrons. The molecule has 47 heavy (non-hydrogen) atoms. The van der Waals surface area contributed by atoms with Crippen molar-refractivity contribution in [1.29, 1.82) is 0 Å². The number of hydrogen-bond acceptors (Lipinski definition) is 8. The van der Waals surface area contributed by atoms with Gasteiger partial charge in [-0.3, -0.25) is 14.5 Å². The van der Waals surface area contributed by atoms with E-state index in [1.807, 2.05) is 83.5 Å². The van der Waals surface area contributed by atoms with E-state index in [1.165, 1.54) is 0 Å². The van der Waals surface area contributed by atoms with Crippen LogP contribution < -0.4 is 15.5 Å². The van der Waals surface area contributed by atoms with Crippen LogP contribution in [0.1, 0.15) is 23.0 Å². The zero-order valence-corrected chi connectivity index (χ0v) is 24.4. The second-order valence-electron chi connectivity index (χ2n) is 10.5. The van der Waals surface area contributed by atoms with Gasteiger partial charge in [-0.2, -0.15) is 13.2 Å². The maximum absolute atomic E-state index is 12.1. The van der Waals surface area contributed by atoms with Crippen molar-refractivity contribution < 1.29 is 37.4 Å². The van der Waals surface area contributed by atoms with Gasteiger partial charge >= 0.3 is 18.2 Å². The van der Waals surface area contributed by atoms with Gasteiger partial charge in [0.15, 0.2) is 11.5 Å². The summed E-state index contributed by atoms with van der Waals surface area (Å²) in [5.41, 5.74) is 5.79. The Morgan fingerprint density at radius 3 is 2.34 bits per heavy atom. The number of para-hydroxylation sites is 1. The van der Waals surface area contributed by atoms with E-state index in [0.717, 1.165) is 58.1 Å². The largest absolute Gasteiger partial charge is 0.490 e. The summed E-state index contributed by atoms with van der Waals surface area (Å²) in [6, 6.07) is 18.4. The van der Waals surface area contributed by atoms with E-state index in [-0.39, 0.29) is 5.91 Å². The first kappa shape index (κ1) is 31.2. The highest BCUT2D eigenvalue weighted by molar-refractivity contribution is 6.04. The number of aliphatic carboxylic acids is 1. The van der Waals surface area contributed by atoms with Crippen molar-refractivity contribution in [3.8, 4) is 11.3 Å². The molecule has 15 heteroatoms. The van der Waals surface area contributed by atoms with Gasteiger partial charge in [0.25, 0.3) is 5.91 Å². The van der Waals surface area contributed by atoms with E-state index >= 15 is 0 Å². The molecule has 12 nitrogen and oxygen atoms in total. The van der Waals surface area contributed by atoms with Crippen molar-refractivity contribution in [1.82, 2.24) is 30.0 Å². The zero-order valence-electron chi connectivity index (χ0n) is 24.4. The van der Waals surface area contributed by atoms with Crippen molar-refractivity contribution in [2.45, 2.75) is 12.2 Å². The number of anilines is 1. The molecule has 2 aliphatic heterocycles. The van der Waals surface area contributed by atoms with E-state index in [0.29, 0.717) is 18.8 Å². The minimum atomic E-state index is -5.08. The molecular weight excluding hydrogens is 619 g/mol. The fourth-order valence-corrected chi connectivity index (χ4v) is 5.12. The highest BCUT2D eigenvalue weighted by atomic mass is 19.4. The predicted octanol–water partition coefficient (Wildman–Crippen LogP) is 4.47. The summed E-state index contributed by atoms with van der Waals surface area (Å²) >= 11 is 0. The van der Waals surface area contributed by atoms with Crippen LogP contribution in [0.2, 0.25) is 0 Å². The van der Waals surface area contributed by atoms with Crippen molar-refractivity contribution >= 4 is 52.4 Å². The van der Waals surface area contributed by atoms with Crippen LogP contribution in [0.4, 0.5) is 23.8 Å². The van der Waals surface area contributed by atoms with Crippen LogP contribution in [0.3, 0.4) is 0 Å². The Kier molecular flexibility index (Phi) is 8.54. The van der Waals surface area contributed by atoms with Crippen molar-refractivity contribution in [3.63, 3.8) is 0 Å². The lowest BCUT2D eigenvalue weighted by Crippen LogP contribution is -2.37. The lowest BCUT2D eigenvalue weighted by molar-refractivity contribution is -0.192. The van der Waals surface area contributed by atoms with Gasteiger partial charge in [0.1, 0.15) is 6.04 Å². The van der Waals surface area contributed by atoms with Gasteiger partial charge in [-0.05, 0) is 29.8 Å². The van der Waals surface area contributed by atoms with Crippen molar-refractivity contribution in [2.75, 3.05) is 31.2 Å². The average molecular weight is 646 g/mol. The molecule has 2 aliphatic rings. The van der Waals surface area contributed by atoms with E-state index < -0.39 is 24.2 Å². The van der Waals surface area contributed by atoms with E-state index in [1.54, 1.807) is 0 Å². The number of urea groups is 1. The Balaban J connectivity index is 0.000000499. The third kappa shape index (κ3) is 6.89. The number of hydrogen-bond donors (Lipinski definition) is 3. The van der Waals surface area contributed by atoms with Gasteiger partial charge in [-0.15, -0.1) is 0 Å². The number of pyridine rings is 1. The van der Waals surface area contributed by atoms with Gasteiger partial charge in [0, 0.05) is 30.2 Å². The quantitative estimate of drug-likeness (QED) is 0.235. The molecule has 1 unspecified atom stereocenters. The molecule has 5 aromatic rings. The van der Waals surface area contributed by atoms with Gasteiger partial charge in [-0.1, -0.05) is 48.5 Å². The molecule has 0 radical (unpaired) electrons. The number of morpholine rings is 1. The molecule has 2 fully saturated rings. The van der Waals surface area contributed by atoms with E-state index in [4.69, 9.17) is 29.6 Å². The predicted molar refractivity (Wildman–Crippen MR) is 165 cm³/mol. The van der Waals surface area contributed by atoms with Gasteiger partial charge in [-0.25, -0.2) is 24.5 Å². The molecule has 3 amide bonds. The lowest BCUT2D eigenvalue weighted by atomic mass is 10.0. The minimum absolute atomic E-state index is 0.358. The Labute approximate surface area is 264 Å². The number of carbonyl (C=O) groups is 3. The Hall–Kier alpha value is -5.83. The maximum atomic E-state index is 12.1. The molecular formula is C32H26F3N7O5. The first-order valence-electron chi connectivity index (χ1n) is 14.3. The standard InChI is InChI=1S/C30H25N7O3.C2HF3O2/c38-29-26(34-30(39)35-29)21-7-5-20(6-8-21)25-17-31-27(36-13-15-40-16-14-36)28-33-23(18-37(25)28)12-11-22-10-9-19-3-1-2-4-24(19)32-22;3-2(4,5)1(6)7/h1-12,17-18,26H,13-16H2,(H2,34,35,38,39);(H,6,7). The number of amides is 3. The van der Waals surface area contributed by atoms with Crippen LogP contribution >= 0.6 is 0 Å². The number of aromatic nitrogens is 4. The molecule has 3 N–H and O–H groups in total. The summed E-state index contributed by atoms with van der Waals surface area (Å²) in [7, 11) is 0. The smallest absolute Gasteiger partial charge is 0.475 e. The Morgan fingerprint density at radius 1 is 0.957 bits per heavy atom. The van der Waals surface area contributed by atoms with Crippen molar-refractivity contribution in [3.05, 3.63) is 90.0 Å². The monoisotopic (exact) mass is 645 g/mol. The molecule has 0 saturated carbocycles. The van der Waals surface area contributed by atoms with Crippen LogP contribution in [0, 0.1) is 0 Å². The molecule has 0 aliphatic carbocycles. The summed E-state index contributed by atoms with van der Waals surface area (Å²) in [5, 5.41) is 13.1. The minimum Gasteiger partial charge on any atom is -0.475 e. The molecule has 3 aromatic heterocycles. The number of carboxylic acids is 1. The number of alkyl halides is 3. The molecule has 2 aromatic carbocycles. The lowest BCUT2D eigenvalue weighted by Gasteiger charge is -2.28. The third-order valence-corrected chi connectivity index (χ3v) is 7.41. The van der Waals surface area contributed by atoms with Gasteiger partial charge in [0.2, 0.25) is 0 Å². The number of benzene rings is 2. The Bertz CT molecular complexity index is 2000. The number of nitrogens with zero attached hydrogens (tertiary/aromatic N) is 5. The number of imidazole rings is 1. The van der Waals surface area contributed by atoms with E-state index in [2.05, 4.69) is 21.6 Å². The number of nitrogens with one attached hydrogen (secondary N) is 2. The molecule has 7 rings (SSSR count). The number of halogens is 3. The highest BCUT2D eigenvalue weighted by Crippen LogP contribution is 2.29. The summed E-state index contributed by atoms with van der Waals surface area (Å²) in [4.78, 5) is 49.3. The number of carboxylic acid groups (broad SMARTS) is 1. The summed E-state index contributed by atoms with van der Waals surface area (Å²) in [5.74, 6) is -2.31. The third-order valence-electron chi connectivity index (χ3n) is 7.41. The first-order chi connectivity index (χ1) is 22.6. The highest BCUT2D eigenvalue weighted by Gasteiger charge is 2.38. The fraction of sp³-hybridized carbons (Fsp3) is 0.188. The molecule has 2 saturated heterocycles. The Morgan fingerprint density at radius 2 is 1.66 bits per heavy atom. The van der Waals surface area contributed by atoms with Gasteiger partial charge < -0.3 is 20.1 Å². The molecule has 0 bridgehead atoms. The normalized spacial score (nSPS) is 16.7. The van der Waals surface area contributed by atoms with Crippen LogP contribution in [-0.4, -0.2) is 74.8 Å². The molecule has 5 heterocycles. The fourth-order valence-electron chi connectivity index (χ4n) is 5.12. The van der Waals surface area contributed by atoms with Crippen molar-refractivity contribution in [2.24, 2.45) is 0 Å². The number of ether oxygens (including phenoxy) is 1. The SMILES string of the molecule is O=C(O)C(F)(F)F.O=C1NC(=O)C(c2ccc(-c3cnc(N4CCOCC4)c4nc(C=Cc5ccc6ccccc6n5)cn34)cc2)N1. The van der Waals surface area contributed by atoms with E-state index in [9.17, 15) is 22.8 Å². The molecule has 1 atom stereocenters. The summed E-state index contributed by atoms with van der Waals surface area (Å²) in [6.07, 6.45) is 2.68. The average Bonchev–Trinajstić information content (AvgIpc) is 3.65. The number of carbonyl (C=O) groups excluding carboxylic acids is 2. The van der Waals surface area contributed by atoms with Crippen LogP contribution in [-0.2, 0) is 14.3 Å².